The first-order valence-electron chi connectivity index (χ1n) is 5.03. The third kappa shape index (κ3) is 3.30. The van der Waals surface area contributed by atoms with Gasteiger partial charge in [-0.1, -0.05) is 28.1 Å². The summed E-state index contributed by atoms with van der Waals surface area (Å²) in [4.78, 5) is 22.4. The molecule has 0 amide bonds. The molecule has 1 aromatic rings. The van der Waals surface area contributed by atoms with Crippen LogP contribution in [0.25, 0.3) is 0 Å². The van der Waals surface area contributed by atoms with Crippen molar-refractivity contribution in [1.82, 2.24) is 0 Å². The molecule has 4 nitrogen and oxygen atoms in total. The van der Waals surface area contributed by atoms with Crippen LogP contribution in [0.3, 0.4) is 0 Å². The number of carbonyl (C=O) groups excluding carboxylic acids is 1. The number of carboxylic acids is 1. The molecule has 0 bridgehead atoms. The predicted molar refractivity (Wildman–Crippen MR) is 67.1 cm³/mol. The highest BCUT2D eigenvalue weighted by atomic mass is 79.9. The lowest BCUT2D eigenvalue weighted by atomic mass is 9.98. The van der Waals surface area contributed by atoms with Crippen molar-refractivity contribution < 1.29 is 19.4 Å². The molecular weight excluding hydrogens is 288 g/mol. The van der Waals surface area contributed by atoms with Crippen LogP contribution < -0.4 is 4.74 Å². The van der Waals surface area contributed by atoms with E-state index >= 15 is 0 Å². The lowest BCUT2D eigenvalue weighted by Crippen LogP contribution is -2.16. The average molecular weight is 301 g/mol. The third-order valence-electron chi connectivity index (χ3n) is 2.28. The Morgan fingerprint density at radius 3 is 2.59 bits per heavy atom. The summed E-state index contributed by atoms with van der Waals surface area (Å²) in [6.45, 7) is 1.69. The maximum absolute atomic E-state index is 12.0. The van der Waals surface area contributed by atoms with Gasteiger partial charge in [0, 0.05) is 0 Å². The lowest BCUT2D eigenvalue weighted by Gasteiger charge is -2.13. The van der Waals surface area contributed by atoms with Gasteiger partial charge in [-0.05, 0) is 18.6 Å². The first-order valence-corrected chi connectivity index (χ1v) is 5.95. The van der Waals surface area contributed by atoms with Gasteiger partial charge < -0.3 is 9.84 Å². The smallest absolute Gasteiger partial charge is 0.307 e. The highest BCUT2D eigenvalue weighted by Gasteiger charge is 2.21. The van der Waals surface area contributed by atoms with Gasteiger partial charge in [-0.25, -0.2) is 0 Å². The molecule has 1 unspecified atom stereocenters. The predicted octanol–water partition coefficient (Wildman–Crippen LogP) is 2.29. The number of aliphatic carboxylic acids is 1. The Kier molecular flexibility index (Phi) is 4.69. The number of carboxylic acid groups (broad SMARTS) is 1. The van der Waals surface area contributed by atoms with E-state index in [-0.39, 0.29) is 17.0 Å². The van der Waals surface area contributed by atoms with Gasteiger partial charge in [0.15, 0.2) is 5.78 Å². The monoisotopic (exact) mass is 300 g/mol. The molecule has 1 rings (SSSR count). The Hall–Kier alpha value is -1.36. The molecule has 0 aliphatic carbocycles. The summed E-state index contributed by atoms with van der Waals surface area (Å²) in [6.07, 6.45) is -0.196. The van der Waals surface area contributed by atoms with E-state index in [1.54, 1.807) is 25.1 Å². The van der Waals surface area contributed by atoms with Crippen molar-refractivity contribution in [2.75, 3.05) is 7.11 Å². The number of methoxy groups -OCH3 is 1. The number of ether oxygens (including phenoxy) is 1. The van der Waals surface area contributed by atoms with Crippen LogP contribution in [0.15, 0.2) is 18.2 Å². The van der Waals surface area contributed by atoms with Crippen molar-refractivity contribution in [3.05, 3.63) is 29.3 Å². The SMILES string of the molecule is COc1cccc(CC(=O)O)c1C(=O)C(C)Br. The first-order chi connectivity index (χ1) is 7.97. The summed E-state index contributed by atoms with van der Waals surface area (Å²) in [6, 6.07) is 4.94. The van der Waals surface area contributed by atoms with Crippen LogP contribution in [0.4, 0.5) is 0 Å². The Morgan fingerprint density at radius 2 is 2.12 bits per heavy atom. The van der Waals surface area contributed by atoms with Crippen LogP contribution in [-0.2, 0) is 11.2 Å². The molecule has 0 heterocycles. The van der Waals surface area contributed by atoms with Crippen molar-refractivity contribution in [1.29, 1.82) is 0 Å². The minimum Gasteiger partial charge on any atom is -0.496 e. The minimum absolute atomic E-state index is 0.182. The molecule has 5 heteroatoms. The van der Waals surface area contributed by atoms with Gasteiger partial charge >= 0.3 is 5.97 Å². The zero-order valence-corrected chi connectivity index (χ0v) is 11.2. The van der Waals surface area contributed by atoms with Crippen molar-refractivity contribution in [3.8, 4) is 5.75 Å². The number of Topliss-reactive ketones (excluding diaryl/α,β-unsaturated/α-hetero) is 1. The van der Waals surface area contributed by atoms with Crippen LogP contribution >= 0.6 is 15.9 Å². The second-order valence-electron chi connectivity index (χ2n) is 3.55. The van der Waals surface area contributed by atoms with E-state index in [4.69, 9.17) is 9.84 Å². The van der Waals surface area contributed by atoms with E-state index in [0.29, 0.717) is 16.9 Å². The summed E-state index contributed by atoms with van der Waals surface area (Å²) < 4.78 is 5.10. The molecule has 1 atom stereocenters. The fraction of sp³-hybridized carbons (Fsp3) is 0.333. The maximum atomic E-state index is 12.0. The number of ketones is 1. The van der Waals surface area contributed by atoms with E-state index in [2.05, 4.69) is 15.9 Å². The number of benzene rings is 1. The molecule has 0 radical (unpaired) electrons. The van der Waals surface area contributed by atoms with Crippen LogP contribution in [0.5, 0.6) is 5.75 Å². The van der Waals surface area contributed by atoms with Gasteiger partial charge in [0.2, 0.25) is 0 Å². The van der Waals surface area contributed by atoms with Crippen LogP contribution in [-0.4, -0.2) is 28.8 Å². The summed E-state index contributed by atoms with van der Waals surface area (Å²) in [5.74, 6) is -0.756. The zero-order valence-electron chi connectivity index (χ0n) is 9.57. The molecule has 0 fully saturated rings. The van der Waals surface area contributed by atoms with E-state index in [9.17, 15) is 9.59 Å². The topological polar surface area (TPSA) is 63.6 Å². The number of hydrogen-bond donors (Lipinski definition) is 1. The van der Waals surface area contributed by atoms with Crippen LogP contribution in [0.1, 0.15) is 22.8 Å². The Labute approximate surface area is 108 Å². The number of halogens is 1. The van der Waals surface area contributed by atoms with Crippen molar-refractivity contribution >= 4 is 27.7 Å². The van der Waals surface area contributed by atoms with E-state index in [1.165, 1.54) is 7.11 Å². The van der Waals surface area contributed by atoms with Gasteiger partial charge in [-0.3, -0.25) is 9.59 Å². The first kappa shape index (κ1) is 13.7. The average Bonchev–Trinajstić information content (AvgIpc) is 2.26. The zero-order chi connectivity index (χ0) is 13.0. The van der Waals surface area contributed by atoms with Crippen molar-refractivity contribution in [3.63, 3.8) is 0 Å². The van der Waals surface area contributed by atoms with E-state index in [1.807, 2.05) is 0 Å². The molecule has 1 N–H and O–H groups in total. The molecule has 1 aromatic carbocycles. The third-order valence-corrected chi connectivity index (χ3v) is 2.70. The largest absolute Gasteiger partial charge is 0.496 e. The molecule has 92 valence electrons. The molecule has 0 saturated carbocycles. The molecular formula is C12H13BrO4. The second-order valence-corrected chi connectivity index (χ2v) is 4.92. The van der Waals surface area contributed by atoms with Gasteiger partial charge in [0.05, 0.1) is 23.9 Å². The van der Waals surface area contributed by atoms with Gasteiger partial charge in [0.1, 0.15) is 5.75 Å². The quantitative estimate of drug-likeness (QED) is 0.669. The number of rotatable bonds is 5. The maximum Gasteiger partial charge on any atom is 0.307 e. The Balaban J connectivity index is 3.29. The van der Waals surface area contributed by atoms with Crippen molar-refractivity contribution in [2.45, 2.75) is 18.2 Å². The normalized spacial score (nSPS) is 11.9. The minimum atomic E-state index is -0.977. The van der Waals surface area contributed by atoms with Crippen LogP contribution in [0.2, 0.25) is 0 Å². The fourth-order valence-corrected chi connectivity index (χ4v) is 1.76. The van der Waals surface area contributed by atoms with Gasteiger partial charge in [-0.2, -0.15) is 0 Å². The molecule has 0 aromatic heterocycles. The van der Waals surface area contributed by atoms with E-state index in [0.717, 1.165) is 0 Å². The second kappa shape index (κ2) is 5.82. The highest BCUT2D eigenvalue weighted by molar-refractivity contribution is 9.10. The number of alkyl halides is 1. The summed E-state index contributed by atoms with van der Waals surface area (Å²) in [5, 5.41) is 8.81. The number of hydrogen-bond acceptors (Lipinski definition) is 3. The highest BCUT2D eigenvalue weighted by Crippen LogP contribution is 2.26. The molecule has 17 heavy (non-hydrogen) atoms. The lowest BCUT2D eigenvalue weighted by molar-refractivity contribution is -0.136. The summed E-state index contributed by atoms with van der Waals surface area (Å²) in [5.41, 5.74) is 0.801. The molecule has 0 aliphatic rings. The number of carbonyl (C=O) groups is 2. The summed E-state index contributed by atoms with van der Waals surface area (Å²) >= 11 is 3.19. The van der Waals surface area contributed by atoms with E-state index < -0.39 is 5.97 Å². The Bertz CT molecular complexity index is 440. The van der Waals surface area contributed by atoms with Crippen LogP contribution in [0, 0.1) is 0 Å². The fourth-order valence-electron chi connectivity index (χ4n) is 1.54. The Morgan fingerprint density at radius 1 is 1.47 bits per heavy atom. The molecule has 0 spiro atoms. The van der Waals surface area contributed by atoms with Gasteiger partial charge in [0.25, 0.3) is 0 Å². The standard InChI is InChI=1S/C12H13BrO4/c1-7(13)12(16)11-8(6-10(14)15)4-3-5-9(11)17-2/h3-5,7H,6H2,1-2H3,(H,14,15). The van der Waals surface area contributed by atoms with Gasteiger partial charge in [-0.15, -0.1) is 0 Å². The molecule has 0 aliphatic heterocycles. The molecule has 0 saturated heterocycles. The summed E-state index contributed by atoms with van der Waals surface area (Å²) in [7, 11) is 1.45. The van der Waals surface area contributed by atoms with Crippen molar-refractivity contribution in [2.24, 2.45) is 0 Å².